The molecule has 0 aliphatic heterocycles. The molecule has 0 spiro atoms. The number of aryl methyl sites for hydroxylation is 1. The van der Waals surface area contributed by atoms with Gasteiger partial charge in [0.1, 0.15) is 17.3 Å². The van der Waals surface area contributed by atoms with E-state index in [0.717, 1.165) is 17.9 Å². The lowest BCUT2D eigenvalue weighted by molar-refractivity contribution is -0.119. The first-order valence-electron chi connectivity index (χ1n) is 8.55. The van der Waals surface area contributed by atoms with Crippen LogP contribution in [0.15, 0.2) is 16.5 Å². The van der Waals surface area contributed by atoms with Crippen LogP contribution in [-0.4, -0.2) is 21.9 Å². The van der Waals surface area contributed by atoms with Crippen molar-refractivity contribution in [3.63, 3.8) is 0 Å². The summed E-state index contributed by atoms with van der Waals surface area (Å²) in [5, 5.41) is 0. The predicted molar refractivity (Wildman–Crippen MR) is 99.1 cm³/mol. The van der Waals surface area contributed by atoms with Crippen molar-refractivity contribution in [2.45, 2.75) is 70.6 Å². The third-order valence-corrected chi connectivity index (χ3v) is 8.08. The van der Waals surface area contributed by atoms with Crippen molar-refractivity contribution < 1.29 is 9.21 Å². The Morgan fingerprint density at radius 3 is 2.09 bits per heavy atom. The largest absolute Gasteiger partial charge is 0.466 e. The Bertz CT molecular complexity index is 534. The standard InChI is InChI=1S/C18H32O2Si2/c1-13-8-9-17(20-13)18-15(12-22(5,6)7)14(10-16(18)19)11-21(2,3)4/h8-9,14-15,18H,10-12H2,1-7H3/t14-,15+,18-/m0/s1. The summed E-state index contributed by atoms with van der Waals surface area (Å²) in [5.74, 6) is 3.34. The first-order valence-corrected chi connectivity index (χ1v) is 16.0. The van der Waals surface area contributed by atoms with Gasteiger partial charge in [0.15, 0.2) is 0 Å². The summed E-state index contributed by atoms with van der Waals surface area (Å²) in [6.45, 7) is 16.5. The molecule has 2 rings (SSSR count). The summed E-state index contributed by atoms with van der Waals surface area (Å²) in [6, 6.07) is 6.54. The molecule has 0 N–H and O–H groups in total. The van der Waals surface area contributed by atoms with E-state index in [9.17, 15) is 4.79 Å². The topological polar surface area (TPSA) is 30.2 Å². The minimum atomic E-state index is -1.22. The number of carbonyl (C=O) groups is 1. The van der Waals surface area contributed by atoms with E-state index in [2.05, 4.69) is 39.3 Å². The molecule has 2 nitrogen and oxygen atoms in total. The van der Waals surface area contributed by atoms with Gasteiger partial charge in [-0.2, -0.15) is 0 Å². The SMILES string of the molecule is Cc1ccc([C@@H]2C(=O)C[C@@H](C[Si](C)(C)C)[C@H]2C[Si](C)(C)C)o1. The van der Waals surface area contributed by atoms with Gasteiger partial charge in [0.2, 0.25) is 0 Å². The van der Waals surface area contributed by atoms with Gasteiger partial charge in [-0.1, -0.05) is 51.4 Å². The second-order valence-corrected chi connectivity index (χ2v) is 20.6. The molecule has 1 aromatic rings. The van der Waals surface area contributed by atoms with Gasteiger partial charge in [0.25, 0.3) is 0 Å². The third kappa shape index (κ3) is 4.45. The normalized spacial score (nSPS) is 26.7. The van der Waals surface area contributed by atoms with Crippen LogP contribution in [0, 0.1) is 18.8 Å². The van der Waals surface area contributed by atoms with E-state index in [4.69, 9.17) is 4.42 Å². The zero-order valence-electron chi connectivity index (χ0n) is 15.3. The van der Waals surface area contributed by atoms with E-state index in [0.29, 0.717) is 17.6 Å². The molecule has 0 unspecified atom stereocenters. The summed E-state index contributed by atoms with van der Waals surface area (Å²) in [6.07, 6.45) is 0.768. The van der Waals surface area contributed by atoms with Gasteiger partial charge in [-0.15, -0.1) is 0 Å². The maximum absolute atomic E-state index is 12.7. The fourth-order valence-corrected chi connectivity index (χ4v) is 8.04. The van der Waals surface area contributed by atoms with Gasteiger partial charge in [0, 0.05) is 22.6 Å². The Balaban J connectivity index is 2.31. The van der Waals surface area contributed by atoms with E-state index in [1.54, 1.807) is 0 Å². The average Bonchev–Trinajstić information content (AvgIpc) is 2.80. The molecular weight excluding hydrogens is 304 g/mol. The molecule has 0 aromatic carbocycles. The van der Waals surface area contributed by atoms with E-state index >= 15 is 0 Å². The Morgan fingerprint density at radius 1 is 1.05 bits per heavy atom. The average molecular weight is 337 g/mol. The zero-order valence-corrected chi connectivity index (χ0v) is 17.3. The van der Waals surface area contributed by atoms with E-state index in [-0.39, 0.29) is 5.92 Å². The number of ketones is 1. The lowest BCUT2D eigenvalue weighted by Crippen LogP contribution is -2.32. The van der Waals surface area contributed by atoms with Gasteiger partial charge in [0.05, 0.1) is 5.92 Å². The Morgan fingerprint density at radius 2 is 1.64 bits per heavy atom. The highest BCUT2D eigenvalue weighted by molar-refractivity contribution is 6.76. The number of hydrogen-bond donors (Lipinski definition) is 0. The molecule has 1 aliphatic carbocycles. The fourth-order valence-electron chi connectivity index (χ4n) is 4.04. The smallest absolute Gasteiger partial charge is 0.144 e. The van der Waals surface area contributed by atoms with Crippen molar-refractivity contribution in [2.24, 2.45) is 11.8 Å². The molecule has 3 atom stereocenters. The summed E-state index contributed by atoms with van der Waals surface area (Å²) >= 11 is 0. The molecule has 0 amide bonds. The molecule has 22 heavy (non-hydrogen) atoms. The first-order chi connectivity index (χ1) is 9.96. The number of furan rings is 1. The zero-order chi connectivity index (χ0) is 16.7. The van der Waals surface area contributed by atoms with Crippen LogP contribution >= 0.6 is 0 Å². The van der Waals surface area contributed by atoms with Crippen LogP contribution in [-0.2, 0) is 4.79 Å². The Hall–Kier alpha value is -0.616. The molecule has 0 bridgehead atoms. The lowest BCUT2D eigenvalue weighted by atomic mass is 9.90. The Kier molecular flexibility index (Phi) is 4.93. The van der Waals surface area contributed by atoms with Crippen LogP contribution < -0.4 is 0 Å². The van der Waals surface area contributed by atoms with Crippen molar-refractivity contribution in [1.29, 1.82) is 0 Å². The quantitative estimate of drug-likeness (QED) is 0.660. The Labute approximate surface area is 137 Å². The van der Waals surface area contributed by atoms with Gasteiger partial charge in [-0.3, -0.25) is 4.79 Å². The molecule has 0 saturated heterocycles. The van der Waals surface area contributed by atoms with Gasteiger partial charge in [-0.25, -0.2) is 0 Å². The number of rotatable bonds is 5. The molecule has 1 aliphatic rings. The van der Waals surface area contributed by atoms with E-state index in [1.165, 1.54) is 12.1 Å². The molecular formula is C18H32O2Si2. The minimum absolute atomic E-state index is 0.0155. The molecule has 4 heteroatoms. The van der Waals surface area contributed by atoms with E-state index in [1.807, 2.05) is 19.1 Å². The summed E-state index contributed by atoms with van der Waals surface area (Å²) in [4.78, 5) is 12.7. The lowest BCUT2D eigenvalue weighted by Gasteiger charge is -2.31. The van der Waals surface area contributed by atoms with Gasteiger partial charge >= 0.3 is 0 Å². The maximum Gasteiger partial charge on any atom is 0.144 e. The van der Waals surface area contributed by atoms with Crippen LogP contribution in [0.5, 0.6) is 0 Å². The molecule has 0 radical (unpaired) electrons. The predicted octanol–water partition coefficient (Wildman–Crippen LogP) is 5.55. The van der Waals surface area contributed by atoms with Crippen molar-refractivity contribution >= 4 is 21.9 Å². The van der Waals surface area contributed by atoms with Crippen LogP contribution in [0.3, 0.4) is 0 Å². The van der Waals surface area contributed by atoms with Gasteiger partial charge < -0.3 is 4.42 Å². The second kappa shape index (κ2) is 6.12. The molecule has 1 saturated carbocycles. The van der Waals surface area contributed by atoms with Crippen molar-refractivity contribution in [3.05, 3.63) is 23.7 Å². The van der Waals surface area contributed by atoms with Crippen molar-refractivity contribution in [2.75, 3.05) is 0 Å². The number of Topliss-reactive ketones (excluding diaryl/α,β-unsaturated/α-hetero) is 1. The molecule has 124 valence electrons. The van der Waals surface area contributed by atoms with Crippen molar-refractivity contribution in [3.8, 4) is 0 Å². The fraction of sp³-hybridized carbons (Fsp3) is 0.722. The van der Waals surface area contributed by atoms with Crippen LogP contribution in [0.1, 0.15) is 23.9 Å². The second-order valence-electron chi connectivity index (χ2n) is 9.55. The van der Waals surface area contributed by atoms with Crippen LogP contribution in [0.2, 0.25) is 51.4 Å². The van der Waals surface area contributed by atoms with Gasteiger partial charge in [-0.05, 0) is 30.9 Å². The number of hydrogen-bond acceptors (Lipinski definition) is 2. The highest BCUT2D eigenvalue weighted by atomic mass is 28.3. The molecule has 1 aromatic heterocycles. The summed E-state index contributed by atoms with van der Waals surface area (Å²) in [7, 11) is -2.38. The maximum atomic E-state index is 12.7. The van der Waals surface area contributed by atoms with Crippen molar-refractivity contribution in [1.82, 2.24) is 0 Å². The summed E-state index contributed by atoms with van der Waals surface area (Å²) < 4.78 is 5.87. The van der Waals surface area contributed by atoms with E-state index < -0.39 is 16.1 Å². The summed E-state index contributed by atoms with van der Waals surface area (Å²) in [5.41, 5.74) is 0. The monoisotopic (exact) mass is 336 g/mol. The van der Waals surface area contributed by atoms with Crippen LogP contribution in [0.25, 0.3) is 0 Å². The highest BCUT2D eigenvalue weighted by Gasteiger charge is 2.47. The third-order valence-electron chi connectivity index (χ3n) is 4.63. The number of carbonyl (C=O) groups excluding carboxylic acids is 1. The highest BCUT2D eigenvalue weighted by Crippen LogP contribution is 2.48. The first kappa shape index (κ1) is 17.7. The van der Waals surface area contributed by atoms with Crippen LogP contribution in [0.4, 0.5) is 0 Å². The minimum Gasteiger partial charge on any atom is -0.466 e. The molecule has 1 fully saturated rings. The molecule has 1 heterocycles.